The van der Waals surface area contributed by atoms with Gasteiger partial charge in [-0.2, -0.15) is 0 Å². The van der Waals surface area contributed by atoms with Crippen molar-refractivity contribution in [2.75, 3.05) is 46.0 Å². The SMILES string of the molecule is CCCOc1ccc(/C(O)=C2/C(=O)C(=O)N(CCN3CCOCC3)C2c2ccc(F)cc2)cc1. The van der Waals surface area contributed by atoms with Crippen molar-refractivity contribution in [3.63, 3.8) is 0 Å². The molecule has 34 heavy (non-hydrogen) atoms. The largest absolute Gasteiger partial charge is 0.507 e. The number of rotatable bonds is 8. The van der Waals surface area contributed by atoms with Gasteiger partial charge in [-0.05, 0) is 48.4 Å². The van der Waals surface area contributed by atoms with Crippen LogP contribution in [-0.2, 0) is 14.3 Å². The van der Waals surface area contributed by atoms with Gasteiger partial charge in [-0.25, -0.2) is 4.39 Å². The molecule has 2 fully saturated rings. The summed E-state index contributed by atoms with van der Waals surface area (Å²) < 4.78 is 24.6. The van der Waals surface area contributed by atoms with E-state index in [1.165, 1.54) is 17.0 Å². The van der Waals surface area contributed by atoms with Crippen LogP contribution in [0.15, 0.2) is 54.1 Å². The Kier molecular flexibility index (Phi) is 7.59. The van der Waals surface area contributed by atoms with Crippen LogP contribution in [0.5, 0.6) is 5.75 Å². The molecule has 0 aliphatic carbocycles. The van der Waals surface area contributed by atoms with Crippen LogP contribution in [0.2, 0.25) is 0 Å². The monoisotopic (exact) mass is 468 g/mol. The van der Waals surface area contributed by atoms with Gasteiger partial charge in [0.1, 0.15) is 17.3 Å². The summed E-state index contributed by atoms with van der Waals surface area (Å²) in [5, 5.41) is 11.1. The number of aliphatic hydroxyl groups excluding tert-OH is 1. The molecule has 0 bridgehead atoms. The molecule has 4 rings (SSSR count). The first kappa shape index (κ1) is 23.9. The highest BCUT2D eigenvalue weighted by atomic mass is 19.1. The van der Waals surface area contributed by atoms with Crippen molar-refractivity contribution in [1.29, 1.82) is 0 Å². The Morgan fingerprint density at radius 3 is 2.38 bits per heavy atom. The molecule has 0 saturated carbocycles. The van der Waals surface area contributed by atoms with Crippen LogP contribution in [0, 0.1) is 5.82 Å². The van der Waals surface area contributed by atoms with E-state index < -0.39 is 23.5 Å². The summed E-state index contributed by atoms with van der Waals surface area (Å²) in [5.74, 6) is -1.45. The van der Waals surface area contributed by atoms with Gasteiger partial charge in [0, 0.05) is 31.7 Å². The molecule has 2 heterocycles. The first-order valence-corrected chi connectivity index (χ1v) is 11.6. The van der Waals surface area contributed by atoms with Crippen LogP contribution in [0.25, 0.3) is 5.76 Å². The summed E-state index contributed by atoms with van der Waals surface area (Å²) in [5.41, 5.74) is 0.968. The van der Waals surface area contributed by atoms with Crippen molar-refractivity contribution in [3.05, 3.63) is 71.0 Å². The summed E-state index contributed by atoms with van der Waals surface area (Å²) in [4.78, 5) is 29.8. The molecule has 0 aromatic heterocycles. The molecule has 1 N–H and O–H groups in total. The average molecular weight is 469 g/mol. The Balaban J connectivity index is 1.67. The molecule has 8 heteroatoms. The van der Waals surface area contributed by atoms with E-state index in [1.54, 1.807) is 36.4 Å². The van der Waals surface area contributed by atoms with Crippen LogP contribution in [-0.4, -0.2) is 72.6 Å². The normalized spacial score (nSPS) is 20.6. The molecule has 180 valence electrons. The molecule has 0 radical (unpaired) electrons. The fraction of sp³-hybridized carbons (Fsp3) is 0.385. The standard InChI is InChI=1S/C26H29FN2O5/c1-2-15-34-21-9-5-19(6-10-21)24(30)22-23(18-3-7-20(27)8-4-18)29(26(32)25(22)31)12-11-28-13-16-33-17-14-28/h3-10,23,30H,2,11-17H2,1H3/b24-22-. The number of benzene rings is 2. The second-order valence-corrected chi connectivity index (χ2v) is 8.37. The van der Waals surface area contributed by atoms with E-state index in [9.17, 15) is 19.1 Å². The number of halogens is 1. The molecule has 7 nitrogen and oxygen atoms in total. The van der Waals surface area contributed by atoms with Gasteiger partial charge in [-0.15, -0.1) is 0 Å². The van der Waals surface area contributed by atoms with Gasteiger partial charge in [-0.3, -0.25) is 14.5 Å². The predicted molar refractivity (Wildman–Crippen MR) is 125 cm³/mol. The highest BCUT2D eigenvalue weighted by Crippen LogP contribution is 2.39. The first-order chi connectivity index (χ1) is 16.5. The minimum absolute atomic E-state index is 0.000752. The second-order valence-electron chi connectivity index (χ2n) is 8.37. The van der Waals surface area contributed by atoms with E-state index >= 15 is 0 Å². The number of carbonyl (C=O) groups is 2. The van der Waals surface area contributed by atoms with Crippen LogP contribution in [0.1, 0.15) is 30.5 Å². The lowest BCUT2D eigenvalue weighted by Gasteiger charge is -2.31. The maximum absolute atomic E-state index is 13.6. The number of ketones is 1. The molecular weight excluding hydrogens is 439 g/mol. The van der Waals surface area contributed by atoms with Crippen LogP contribution >= 0.6 is 0 Å². The van der Waals surface area contributed by atoms with Gasteiger partial charge in [-0.1, -0.05) is 19.1 Å². The summed E-state index contributed by atoms with van der Waals surface area (Å²) in [6.07, 6.45) is 0.868. The number of amides is 1. The summed E-state index contributed by atoms with van der Waals surface area (Å²) in [7, 11) is 0. The van der Waals surface area contributed by atoms with Gasteiger partial charge in [0.15, 0.2) is 0 Å². The van der Waals surface area contributed by atoms with Crippen molar-refractivity contribution in [2.24, 2.45) is 0 Å². The summed E-state index contributed by atoms with van der Waals surface area (Å²) >= 11 is 0. The fourth-order valence-electron chi connectivity index (χ4n) is 4.26. The fourth-order valence-corrected chi connectivity index (χ4v) is 4.26. The first-order valence-electron chi connectivity index (χ1n) is 11.6. The van der Waals surface area contributed by atoms with Crippen molar-refractivity contribution >= 4 is 17.4 Å². The lowest BCUT2D eigenvalue weighted by molar-refractivity contribution is -0.140. The molecule has 2 aliphatic heterocycles. The summed E-state index contributed by atoms with van der Waals surface area (Å²) in [6, 6.07) is 11.6. The zero-order valence-corrected chi connectivity index (χ0v) is 19.2. The molecule has 1 atom stereocenters. The van der Waals surface area contributed by atoms with Gasteiger partial charge >= 0.3 is 0 Å². The maximum atomic E-state index is 13.6. The third kappa shape index (κ3) is 5.13. The van der Waals surface area contributed by atoms with Gasteiger partial charge < -0.3 is 19.5 Å². The van der Waals surface area contributed by atoms with E-state index in [0.717, 1.165) is 19.5 Å². The number of nitrogens with zero attached hydrogens (tertiary/aromatic N) is 2. The number of morpholine rings is 1. The molecule has 0 spiro atoms. The van der Waals surface area contributed by atoms with Crippen molar-refractivity contribution < 1.29 is 28.6 Å². The predicted octanol–water partition coefficient (Wildman–Crippen LogP) is 3.37. The second kappa shape index (κ2) is 10.8. The Morgan fingerprint density at radius 2 is 1.74 bits per heavy atom. The zero-order chi connectivity index (χ0) is 24.1. The van der Waals surface area contributed by atoms with Gasteiger partial charge in [0.2, 0.25) is 0 Å². The number of aliphatic hydroxyl groups is 1. The molecule has 2 aromatic rings. The smallest absolute Gasteiger partial charge is 0.295 e. The van der Waals surface area contributed by atoms with Crippen molar-refractivity contribution in [1.82, 2.24) is 9.80 Å². The van der Waals surface area contributed by atoms with Crippen molar-refractivity contribution in [3.8, 4) is 5.75 Å². The number of likely N-dealkylation sites (tertiary alicyclic amines) is 1. The summed E-state index contributed by atoms with van der Waals surface area (Å²) in [6.45, 7) is 6.19. The van der Waals surface area contributed by atoms with Gasteiger partial charge in [0.05, 0.1) is 31.4 Å². The number of ether oxygens (including phenoxy) is 2. The average Bonchev–Trinajstić information content (AvgIpc) is 3.12. The number of carbonyl (C=O) groups excluding carboxylic acids is 2. The van der Waals surface area contributed by atoms with E-state index in [0.29, 0.717) is 49.8 Å². The van der Waals surface area contributed by atoms with Crippen LogP contribution in [0.4, 0.5) is 4.39 Å². The third-order valence-corrected chi connectivity index (χ3v) is 6.09. The molecule has 1 amide bonds. The molecular formula is C26H29FN2O5. The lowest BCUT2D eigenvalue weighted by atomic mass is 9.95. The van der Waals surface area contributed by atoms with E-state index in [2.05, 4.69) is 4.90 Å². The Bertz CT molecular complexity index is 1050. The Hall–Kier alpha value is -3.23. The molecule has 2 saturated heterocycles. The highest BCUT2D eigenvalue weighted by molar-refractivity contribution is 6.46. The molecule has 2 aromatic carbocycles. The van der Waals surface area contributed by atoms with Gasteiger partial charge in [0.25, 0.3) is 11.7 Å². The molecule has 1 unspecified atom stereocenters. The molecule has 2 aliphatic rings. The number of hydrogen-bond acceptors (Lipinski definition) is 6. The quantitative estimate of drug-likeness (QED) is 0.364. The zero-order valence-electron chi connectivity index (χ0n) is 19.2. The topological polar surface area (TPSA) is 79.3 Å². The number of hydrogen-bond donors (Lipinski definition) is 1. The van der Waals surface area contributed by atoms with Crippen LogP contribution in [0.3, 0.4) is 0 Å². The maximum Gasteiger partial charge on any atom is 0.295 e. The Labute approximate surface area is 198 Å². The minimum atomic E-state index is -0.808. The van der Waals surface area contributed by atoms with E-state index in [-0.39, 0.29) is 11.3 Å². The van der Waals surface area contributed by atoms with E-state index in [1.807, 2.05) is 6.92 Å². The number of Topliss-reactive ketones (excluding diaryl/α,β-unsaturated/α-hetero) is 1. The van der Waals surface area contributed by atoms with Crippen molar-refractivity contribution in [2.45, 2.75) is 19.4 Å². The Morgan fingerprint density at radius 1 is 1.06 bits per heavy atom. The minimum Gasteiger partial charge on any atom is -0.507 e. The third-order valence-electron chi connectivity index (χ3n) is 6.09. The lowest BCUT2D eigenvalue weighted by Crippen LogP contribution is -2.42. The highest BCUT2D eigenvalue weighted by Gasteiger charge is 2.46. The van der Waals surface area contributed by atoms with Crippen LogP contribution < -0.4 is 4.74 Å². The van der Waals surface area contributed by atoms with E-state index in [4.69, 9.17) is 9.47 Å².